The Bertz CT molecular complexity index is 4820. The number of allylic oxidation sites excluding steroid dienone is 4. The minimum absolute atomic E-state index is 0.0197. The van der Waals surface area contributed by atoms with Crippen LogP contribution in [0.1, 0.15) is 403 Å². The van der Waals surface area contributed by atoms with E-state index in [0.29, 0.717) is 52.5 Å². The third-order valence-corrected chi connectivity index (χ3v) is 37.4. The van der Waals surface area contributed by atoms with E-state index in [-0.39, 0.29) is 85.9 Å². The van der Waals surface area contributed by atoms with Crippen LogP contribution in [-0.2, 0) is 48.7 Å². The van der Waals surface area contributed by atoms with Gasteiger partial charge in [-0.05, 0) is 381 Å². The molecule has 4 aliphatic carbocycles. The van der Waals surface area contributed by atoms with Crippen molar-refractivity contribution in [2.24, 2.45) is 21.7 Å². The summed E-state index contributed by atoms with van der Waals surface area (Å²) in [6.07, 6.45) is 21.8. The van der Waals surface area contributed by atoms with E-state index in [2.05, 4.69) is 332 Å². The van der Waals surface area contributed by atoms with Crippen molar-refractivity contribution >= 4 is 0 Å². The van der Waals surface area contributed by atoms with Gasteiger partial charge in [-0.1, -0.05) is 204 Å². The number of hydrogen-bond acceptors (Lipinski definition) is 8. The van der Waals surface area contributed by atoms with Crippen LogP contribution in [0.4, 0.5) is 8.78 Å². The van der Waals surface area contributed by atoms with E-state index in [1.807, 2.05) is 0 Å². The summed E-state index contributed by atoms with van der Waals surface area (Å²) in [6.45, 7) is 82.5. The van der Waals surface area contributed by atoms with Gasteiger partial charge in [-0.3, -0.25) is 0 Å². The second kappa shape index (κ2) is 32.1. The first-order valence-corrected chi connectivity index (χ1v) is 48.3. The van der Waals surface area contributed by atoms with Gasteiger partial charge in [0.1, 0.15) is 12.2 Å². The molecule has 0 aromatic heterocycles. The molecule has 0 amide bonds. The zero-order chi connectivity index (χ0) is 92.2. The van der Waals surface area contributed by atoms with Gasteiger partial charge in [-0.15, -0.1) is 0 Å². The van der Waals surface area contributed by atoms with Gasteiger partial charge >= 0.3 is 0 Å². The molecule has 8 nitrogen and oxygen atoms in total. The number of halogens is 2. The first-order valence-electron chi connectivity index (χ1n) is 48.3. The highest BCUT2D eigenvalue weighted by Gasteiger charge is 2.67. The van der Waals surface area contributed by atoms with Crippen LogP contribution in [0.2, 0.25) is 0 Å². The van der Waals surface area contributed by atoms with E-state index in [0.717, 1.165) is 11.8 Å². The Morgan fingerprint density at radius 1 is 0.288 bits per heavy atom. The minimum Gasteiger partial charge on any atom is -0.366 e. The topological polar surface area (TPSA) is 73.8 Å². The summed E-state index contributed by atoms with van der Waals surface area (Å²) in [4.78, 5) is 0. The van der Waals surface area contributed by atoms with Crippen molar-refractivity contribution in [3.05, 3.63) is 230 Å². The highest BCUT2D eigenvalue weighted by molar-refractivity contribution is 5.62. The lowest BCUT2D eigenvalue weighted by Crippen LogP contribution is -2.44. The first-order chi connectivity index (χ1) is 57.7. The average Bonchev–Trinajstić information content (AvgIpc) is 1.53. The summed E-state index contributed by atoms with van der Waals surface area (Å²) in [5, 5.41) is 0. The molecule has 0 spiro atoms. The predicted octanol–water partition coefficient (Wildman–Crippen LogP) is 31.1. The molecule has 20 unspecified atom stereocenters. The van der Waals surface area contributed by atoms with Crippen molar-refractivity contribution < 1.29 is 46.7 Å². The Morgan fingerprint density at radius 2 is 0.640 bits per heavy atom. The van der Waals surface area contributed by atoms with Crippen LogP contribution in [-0.4, -0.2) is 81.4 Å². The molecule has 20 atom stereocenters. The van der Waals surface area contributed by atoms with Gasteiger partial charge in [-0.25, -0.2) is 8.78 Å². The first kappa shape index (κ1) is 95.4. The molecule has 23 rings (SSSR count). The van der Waals surface area contributed by atoms with E-state index in [4.69, 9.17) is 33.2 Å². The number of rotatable bonds is 0. The van der Waals surface area contributed by atoms with E-state index in [1.165, 1.54) is 166 Å². The number of ether oxygens (including phenoxy) is 8. The molecule has 125 heavy (non-hydrogen) atoms. The van der Waals surface area contributed by atoms with Crippen LogP contribution in [0.25, 0.3) is 0 Å². The quantitative estimate of drug-likeness (QED) is 0.206. The summed E-state index contributed by atoms with van der Waals surface area (Å²) in [5.41, 5.74) is 38.5. The third-order valence-electron chi connectivity index (χ3n) is 37.4. The minimum atomic E-state index is -1.79. The lowest BCUT2D eigenvalue weighted by atomic mass is 9.62. The Labute approximate surface area is 756 Å². The van der Waals surface area contributed by atoms with E-state index in [1.54, 1.807) is 58.4 Å². The maximum Gasteiger partial charge on any atom is 0.234 e. The van der Waals surface area contributed by atoms with E-state index < -0.39 is 11.7 Å². The summed E-state index contributed by atoms with van der Waals surface area (Å²) in [5.74, 6) is -2.08. The molecule has 3 aromatic carbocycles. The second-order valence-corrected chi connectivity index (χ2v) is 47.0. The fourth-order valence-corrected chi connectivity index (χ4v) is 26.8. The third kappa shape index (κ3) is 14.9. The zero-order valence-corrected chi connectivity index (χ0v) is 84.7. The van der Waals surface area contributed by atoms with Crippen LogP contribution in [0.5, 0.6) is 0 Å². The molecule has 0 N–H and O–H groups in total. The van der Waals surface area contributed by atoms with Crippen molar-refractivity contribution in [2.75, 3.05) is 0 Å². The number of benzene rings is 3. The Balaban J connectivity index is 0.000000113. The average molecular weight is 1710 g/mol. The van der Waals surface area contributed by atoms with Gasteiger partial charge < -0.3 is 37.9 Å². The summed E-state index contributed by atoms with van der Waals surface area (Å²) in [7, 11) is 0. The molecule has 16 aliphatic heterocycles. The molecule has 6 fully saturated rings. The molecule has 16 heterocycles. The Hall–Kier alpha value is -5.66. The van der Waals surface area contributed by atoms with Crippen LogP contribution < -0.4 is 0 Å². The molecule has 0 radical (unpaired) electrons. The number of hydrogen-bond donors (Lipinski definition) is 0. The number of alkyl halides is 2. The van der Waals surface area contributed by atoms with Gasteiger partial charge in [0.25, 0.3) is 0 Å². The SMILES string of the molecule is CC1=C(C)C2(C(C)(C)C)CCC1(C(C)(C)C)O2.CC1=C(C)C2(C(C)(C)C)CCC1(C)O2.CC1=C(C)C2(C(C)(C)C)CCC1O2.CC1=C(C)C2(C)CC1(C)c1ccccc12.CC1=C(C)C2(C)CCC1(C)O2.CC1=C(C)C2(F)CCC1(F)O2.CC1=C(C)C2C=CC1O2.CC1=C(C)C2CC1c1ccccc12.CC1=C(C)C2CCC1O2.CC1=C(C)C2OC1c1ccccc12. The van der Waals surface area contributed by atoms with Crippen LogP contribution in [0, 0.1) is 21.7 Å². The monoisotopic (exact) mass is 1710 g/mol. The van der Waals surface area contributed by atoms with Crippen LogP contribution in [0.3, 0.4) is 0 Å². The zero-order valence-electron chi connectivity index (χ0n) is 84.7. The lowest BCUT2D eigenvalue weighted by Gasteiger charge is -2.42. The summed E-state index contributed by atoms with van der Waals surface area (Å²) >= 11 is 0. The largest absolute Gasteiger partial charge is 0.366 e. The molecular weight excluding hydrogens is 1550 g/mol. The fourth-order valence-electron chi connectivity index (χ4n) is 26.8. The van der Waals surface area contributed by atoms with Gasteiger partial charge in [0, 0.05) is 35.5 Å². The number of fused-ring (bicyclic) bond motifs is 29. The second-order valence-electron chi connectivity index (χ2n) is 47.0. The van der Waals surface area contributed by atoms with E-state index >= 15 is 0 Å². The van der Waals surface area contributed by atoms with Crippen molar-refractivity contribution in [2.45, 2.75) is 462 Å². The van der Waals surface area contributed by atoms with E-state index in [9.17, 15) is 8.78 Å². The van der Waals surface area contributed by atoms with Crippen LogP contribution >= 0.6 is 0 Å². The smallest absolute Gasteiger partial charge is 0.234 e. The Morgan fingerprint density at radius 3 is 0.928 bits per heavy atom. The van der Waals surface area contributed by atoms with Gasteiger partial charge in [0.15, 0.2) is 0 Å². The lowest BCUT2D eigenvalue weighted by molar-refractivity contribution is -0.167. The Kier molecular flexibility index (Phi) is 24.5. The maximum absolute atomic E-state index is 13.5. The molecule has 20 aliphatic rings. The molecule has 3 aromatic rings. The predicted molar refractivity (Wildman–Crippen MR) is 512 cm³/mol. The highest BCUT2D eigenvalue weighted by atomic mass is 19.2. The van der Waals surface area contributed by atoms with Gasteiger partial charge in [0.05, 0.1) is 69.7 Å². The molecule has 6 saturated heterocycles. The van der Waals surface area contributed by atoms with Crippen molar-refractivity contribution in [3.63, 3.8) is 0 Å². The van der Waals surface area contributed by atoms with Gasteiger partial charge in [0.2, 0.25) is 11.7 Å². The molecule has 684 valence electrons. The van der Waals surface area contributed by atoms with Crippen molar-refractivity contribution in [1.29, 1.82) is 0 Å². The highest BCUT2D eigenvalue weighted by Crippen LogP contribution is 2.68. The fraction of sp³-hybridized carbons (Fsp3) is 0.652. The van der Waals surface area contributed by atoms with Crippen molar-refractivity contribution in [3.8, 4) is 0 Å². The molecular formula is C115H162F2O8. The standard InChI is InChI=1S/C16H28O.C15H18.C13H22O.C13H14.C12H12O.C12H20O.C10H16O.C8H10F2O.C8H12O.C8H10O/c1-11-12(2)16(14(6,7)8)10-9-15(11,17-16)13(3,4)5;1-10-11(2)15(4)9-14(10,3)12-7-5-6-8-13(12)15;1-9-10(2)13(11(3,4)5)8-7-12(9,6)14-13;1-8-9(2)13-7-12(8)10-5-3-4-6-11(10)13;1-7-8(2)12-10-6-4-3-5-9(10)11(7)13-12;1-8-9(2)12(11(3,4)5)7-6-10(8)13-12;1-7-8(2)10(4)6-5-9(7,3)11-10;1-5-6(2)8(10)4-3-7(5,9)11-8;2*1-5-6(2)8-4-3-7(5)9-8/h9-10H2,1-8H3;5-8H,9H2,1-4H3;7-8H2,1-6H3;3-6,12-13H,7H2,1-2H3;3-6,11-12H,1-2H3;10H,6-7H2,1-5H3;5-6H2,1-4H3;3-4H2,1-2H3;7-8H,3-4H2,1-2H3;3-4,7-8H,1-2H3. The van der Waals surface area contributed by atoms with Crippen molar-refractivity contribution in [1.82, 2.24) is 0 Å². The maximum atomic E-state index is 13.5. The molecule has 20 bridgehead atoms. The normalized spacial score (nSPS) is 39.0. The summed E-state index contributed by atoms with van der Waals surface area (Å²) in [6, 6.07) is 26.5. The molecule has 10 heteroatoms. The van der Waals surface area contributed by atoms with Crippen LogP contribution in [0.15, 0.2) is 196 Å². The molecule has 0 saturated carbocycles. The summed E-state index contributed by atoms with van der Waals surface area (Å²) < 4.78 is 73.9. The van der Waals surface area contributed by atoms with Gasteiger partial charge in [-0.2, -0.15) is 0 Å².